The molecule has 1 N–H and O–H groups in total. The van der Waals surface area contributed by atoms with Gasteiger partial charge in [0.05, 0.1) is 30.9 Å². The zero-order valence-electron chi connectivity index (χ0n) is 17.7. The predicted molar refractivity (Wildman–Crippen MR) is 118 cm³/mol. The third-order valence-corrected chi connectivity index (χ3v) is 5.51. The van der Waals surface area contributed by atoms with Crippen LogP contribution in [0, 0.1) is 0 Å². The van der Waals surface area contributed by atoms with Crippen molar-refractivity contribution in [2.45, 2.75) is 0 Å². The van der Waals surface area contributed by atoms with Crippen LogP contribution < -0.4 is 10.2 Å². The topological polar surface area (TPSA) is 99.3 Å². The van der Waals surface area contributed by atoms with Crippen LogP contribution in [0.1, 0.15) is 20.7 Å². The lowest BCUT2D eigenvalue weighted by molar-refractivity contribution is -0.133. The molecule has 0 aromatic heterocycles. The minimum absolute atomic E-state index is 0.201. The quantitative estimate of drug-likeness (QED) is 0.684. The second-order valence-electron chi connectivity index (χ2n) is 7.69. The minimum Gasteiger partial charge on any atom is -0.378 e. The van der Waals surface area contributed by atoms with E-state index in [4.69, 9.17) is 4.74 Å². The lowest BCUT2D eigenvalue weighted by Gasteiger charge is -2.28. The zero-order chi connectivity index (χ0) is 22.7. The molecule has 4 rings (SSSR count). The van der Waals surface area contributed by atoms with Gasteiger partial charge in [-0.15, -0.1) is 0 Å². The zero-order valence-corrected chi connectivity index (χ0v) is 17.7. The molecule has 0 atom stereocenters. The van der Waals surface area contributed by atoms with Crippen molar-refractivity contribution in [2.24, 2.45) is 0 Å². The summed E-state index contributed by atoms with van der Waals surface area (Å²) in [5, 5.41) is 2.76. The normalized spacial score (nSPS) is 15.5. The summed E-state index contributed by atoms with van der Waals surface area (Å²) >= 11 is 0. The van der Waals surface area contributed by atoms with Crippen LogP contribution in [0.3, 0.4) is 0 Å². The van der Waals surface area contributed by atoms with Gasteiger partial charge < -0.3 is 19.9 Å². The second-order valence-corrected chi connectivity index (χ2v) is 7.69. The number of carbonyl (C=O) groups is 4. The molecule has 0 aliphatic carbocycles. The molecule has 32 heavy (non-hydrogen) atoms. The summed E-state index contributed by atoms with van der Waals surface area (Å²) in [6.07, 6.45) is 0. The molecule has 1 fully saturated rings. The number of fused-ring (bicyclic) bond motifs is 1. The smallest absolute Gasteiger partial charge is 0.262 e. The fourth-order valence-electron chi connectivity index (χ4n) is 3.72. The van der Waals surface area contributed by atoms with Crippen molar-refractivity contribution >= 4 is 35.0 Å². The number of amides is 4. The number of likely N-dealkylation sites (N-methyl/N-ethyl adjacent to an activating group) is 1. The lowest BCUT2D eigenvalue weighted by atomic mass is 10.1. The Morgan fingerprint density at radius 1 is 0.969 bits per heavy atom. The number of ether oxygens (including phenoxy) is 1. The van der Waals surface area contributed by atoms with E-state index in [2.05, 4.69) is 10.2 Å². The highest BCUT2D eigenvalue weighted by atomic mass is 16.5. The molecular weight excluding hydrogens is 412 g/mol. The van der Waals surface area contributed by atoms with E-state index < -0.39 is 24.3 Å². The Balaban J connectivity index is 1.29. The van der Waals surface area contributed by atoms with Crippen molar-refractivity contribution in [1.82, 2.24) is 9.80 Å². The molecule has 2 heterocycles. The van der Waals surface area contributed by atoms with Crippen molar-refractivity contribution in [3.05, 3.63) is 59.7 Å². The van der Waals surface area contributed by atoms with Crippen LogP contribution in [0.4, 0.5) is 11.4 Å². The number of anilines is 2. The van der Waals surface area contributed by atoms with Gasteiger partial charge >= 0.3 is 0 Å². The molecule has 1 saturated heterocycles. The Kier molecular flexibility index (Phi) is 6.18. The van der Waals surface area contributed by atoms with Crippen LogP contribution in [0.5, 0.6) is 0 Å². The van der Waals surface area contributed by atoms with Gasteiger partial charge in [-0.1, -0.05) is 12.1 Å². The Labute approximate surface area is 185 Å². The van der Waals surface area contributed by atoms with E-state index in [-0.39, 0.29) is 23.6 Å². The predicted octanol–water partition coefficient (Wildman–Crippen LogP) is 1.22. The number of imide groups is 1. The largest absolute Gasteiger partial charge is 0.378 e. The monoisotopic (exact) mass is 436 g/mol. The summed E-state index contributed by atoms with van der Waals surface area (Å²) in [4.78, 5) is 54.1. The average Bonchev–Trinajstić information content (AvgIpc) is 3.05. The maximum atomic E-state index is 12.5. The summed E-state index contributed by atoms with van der Waals surface area (Å²) in [7, 11) is 1.46. The third-order valence-electron chi connectivity index (χ3n) is 5.51. The van der Waals surface area contributed by atoms with Crippen LogP contribution >= 0.6 is 0 Å². The molecule has 9 heteroatoms. The molecule has 2 aromatic carbocycles. The molecule has 0 spiro atoms. The van der Waals surface area contributed by atoms with Gasteiger partial charge in [-0.2, -0.15) is 0 Å². The maximum absolute atomic E-state index is 12.5. The van der Waals surface area contributed by atoms with Crippen molar-refractivity contribution in [2.75, 3.05) is 56.7 Å². The van der Waals surface area contributed by atoms with Crippen LogP contribution in [0.2, 0.25) is 0 Å². The highest BCUT2D eigenvalue weighted by molar-refractivity contribution is 6.22. The summed E-state index contributed by atoms with van der Waals surface area (Å²) in [5.74, 6) is -1.88. The highest BCUT2D eigenvalue weighted by Gasteiger charge is 2.36. The Hall–Kier alpha value is -3.72. The molecule has 9 nitrogen and oxygen atoms in total. The van der Waals surface area contributed by atoms with Crippen LogP contribution in [-0.4, -0.2) is 79.9 Å². The highest BCUT2D eigenvalue weighted by Crippen LogP contribution is 2.22. The molecule has 4 amide bonds. The number of hydrogen-bond acceptors (Lipinski definition) is 6. The Bertz CT molecular complexity index is 1010. The van der Waals surface area contributed by atoms with Gasteiger partial charge in [0, 0.05) is 31.5 Å². The van der Waals surface area contributed by atoms with E-state index in [1.807, 2.05) is 24.3 Å². The number of hydrogen-bond donors (Lipinski definition) is 1. The summed E-state index contributed by atoms with van der Waals surface area (Å²) in [5.41, 5.74) is 2.24. The molecule has 2 aromatic rings. The minimum atomic E-state index is -0.503. The van der Waals surface area contributed by atoms with Gasteiger partial charge in [0.15, 0.2) is 0 Å². The molecule has 166 valence electrons. The molecular formula is C23H24N4O5. The summed E-state index contributed by atoms with van der Waals surface area (Å²) in [6, 6.07) is 13.9. The number of carbonyl (C=O) groups excluding carboxylic acids is 4. The fourth-order valence-corrected chi connectivity index (χ4v) is 3.72. The summed E-state index contributed by atoms with van der Waals surface area (Å²) < 4.78 is 5.35. The van der Waals surface area contributed by atoms with Gasteiger partial charge in [0.25, 0.3) is 11.8 Å². The Morgan fingerprint density at radius 3 is 2.16 bits per heavy atom. The van der Waals surface area contributed by atoms with E-state index >= 15 is 0 Å². The van der Waals surface area contributed by atoms with E-state index in [0.717, 1.165) is 23.7 Å². The number of benzene rings is 2. The van der Waals surface area contributed by atoms with E-state index in [1.165, 1.54) is 11.9 Å². The van der Waals surface area contributed by atoms with E-state index in [0.29, 0.717) is 18.9 Å². The van der Waals surface area contributed by atoms with Crippen LogP contribution in [0.15, 0.2) is 48.5 Å². The number of nitrogens with one attached hydrogen (secondary N) is 1. The SMILES string of the molecule is CN(CC(=O)Nc1ccc(N2CCOCC2)cc1)C(=O)CN1C(=O)c2ccccc2C1=O. The first-order valence-electron chi connectivity index (χ1n) is 10.4. The van der Waals surface area contributed by atoms with E-state index in [1.54, 1.807) is 24.3 Å². The molecule has 2 aliphatic rings. The van der Waals surface area contributed by atoms with E-state index in [9.17, 15) is 19.2 Å². The van der Waals surface area contributed by atoms with Crippen molar-refractivity contribution in [3.63, 3.8) is 0 Å². The Morgan fingerprint density at radius 2 is 1.56 bits per heavy atom. The first-order chi connectivity index (χ1) is 15.4. The molecule has 0 radical (unpaired) electrons. The van der Waals surface area contributed by atoms with Gasteiger partial charge in [-0.05, 0) is 36.4 Å². The second kappa shape index (κ2) is 9.19. The van der Waals surface area contributed by atoms with Crippen molar-refractivity contribution in [3.8, 4) is 0 Å². The first-order valence-corrected chi connectivity index (χ1v) is 10.4. The van der Waals surface area contributed by atoms with Gasteiger partial charge in [0.2, 0.25) is 11.8 Å². The fraction of sp³-hybridized carbons (Fsp3) is 0.304. The number of morpholine rings is 1. The van der Waals surface area contributed by atoms with Crippen LogP contribution in [0.25, 0.3) is 0 Å². The third kappa shape index (κ3) is 4.47. The van der Waals surface area contributed by atoms with Gasteiger partial charge in [-0.25, -0.2) is 0 Å². The number of nitrogens with zero attached hydrogens (tertiary/aromatic N) is 3. The van der Waals surface area contributed by atoms with Crippen molar-refractivity contribution < 1.29 is 23.9 Å². The summed E-state index contributed by atoms with van der Waals surface area (Å²) in [6.45, 7) is 2.42. The van der Waals surface area contributed by atoms with Crippen LogP contribution in [-0.2, 0) is 14.3 Å². The standard InChI is InChI=1S/C23H24N4O5/c1-25(21(29)15-27-22(30)18-4-2-3-5-19(18)23(27)31)14-20(28)24-16-6-8-17(9-7-16)26-10-12-32-13-11-26/h2-9H,10-15H2,1H3,(H,24,28). The average molecular weight is 436 g/mol. The number of rotatable bonds is 6. The van der Waals surface area contributed by atoms with Crippen molar-refractivity contribution in [1.29, 1.82) is 0 Å². The first kappa shape index (κ1) is 21.5. The molecule has 0 bridgehead atoms. The van der Waals surface area contributed by atoms with Gasteiger partial charge in [0.1, 0.15) is 6.54 Å². The lowest BCUT2D eigenvalue weighted by Crippen LogP contribution is -2.43. The molecule has 2 aliphatic heterocycles. The molecule has 0 saturated carbocycles. The van der Waals surface area contributed by atoms with Gasteiger partial charge in [-0.3, -0.25) is 24.1 Å². The molecule has 0 unspecified atom stereocenters. The maximum Gasteiger partial charge on any atom is 0.262 e.